The molecule has 0 amide bonds. The summed E-state index contributed by atoms with van der Waals surface area (Å²) in [6.07, 6.45) is 0. The monoisotopic (exact) mass is 234 g/mol. The molecular formula is C12H14N2OS. The van der Waals surface area contributed by atoms with Crippen LogP contribution in [-0.2, 0) is 6.61 Å². The molecule has 0 aliphatic carbocycles. The van der Waals surface area contributed by atoms with Crippen LogP contribution in [0.5, 0.6) is 5.75 Å². The molecule has 0 bridgehead atoms. The molecule has 2 rings (SSSR count). The van der Waals surface area contributed by atoms with Crippen LogP contribution in [0.2, 0.25) is 0 Å². The third kappa shape index (κ3) is 2.59. The second kappa shape index (κ2) is 5.09. The fraction of sp³-hybridized carbons (Fsp3) is 0.250. The Kier molecular flexibility index (Phi) is 3.54. The van der Waals surface area contributed by atoms with E-state index in [9.17, 15) is 0 Å². The molecule has 0 radical (unpaired) electrons. The Morgan fingerprint density at radius 3 is 2.94 bits per heavy atom. The second-order valence-electron chi connectivity index (χ2n) is 3.59. The van der Waals surface area contributed by atoms with Gasteiger partial charge in [0.05, 0.1) is 11.2 Å². The van der Waals surface area contributed by atoms with Gasteiger partial charge < -0.3 is 10.5 Å². The zero-order valence-electron chi connectivity index (χ0n) is 9.09. The first-order valence-electron chi connectivity index (χ1n) is 5.11. The van der Waals surface area contributed by atoms with Crippen molar-refractivity contribution in [3.05, 3.63) is 46.4 Å². The van der Waals surface area contributed by atoms with Crippen molar-refractivity contribution < 1.29 is 4.74 Å². The minimum Gasteiger partial charge on any atom is -0.487 e. The second-order valence-corrected chi connectivity index (χ2v) is 4.31. The number of hydrogen-bond acceptors (Lipinski definition) is 4. The molecule has 1 atom stereocenters. The van der Waals surface area contributed by atoms with Crippen molar-refractivity contribution in [2.75, 3.05) is 0 Å². The van der Waals surface area contributed by atoms with E-state index in [-0.39, 0.29) is 6.04 Å². The van der Waals surface area contributed by atoms with Gasteiger partial charge in [0.1, 0.15) is 12.4 Å². The van der Waals surface area contributed by atoms with E-state index in [1.54, 1.807) is 16.8 Å². The summed E-state index contributed by atoms with van der Waals surface area (Å²) < 4.78 is 5.71. The predicted molar refractivity (Wildman–Crippen MR) is 65.5 cm³/mol. The van der Waals surface area contributed by atoms with E-state index in [4.69, 9.17) is 10.5 Å². The first-order valence-corrected chi connectivity index (χ1v) is 6.06. The summed E-state index contributed by atoms with van der Waals surface area (Å²) in [4.78, 5) is 4.17. The molecule has 0 saturated carbocycles. The summed E-state index contributed by atoms with van der Waals surface area (Å²) >= 11 is 1.57. The van der Waals surface area contributed by atoms with E-state index in [1.165, 1.54) is 0 Å². The molecule has 3 nitrogen and oxygen atoms in total. The molecular weight excluding hydrogens is 220 g/mol. The highest BCUT2D eigenvalue weighted by Gasteiger charge is 2.07. The summed E-state index contributed by atoms with van der Waals surface area (Å²) in [5, 5.41) is 1.98. The molecule has 2 aromatic rings. The third-order valence-corrected chi connectivity index (χ3v) is 2.90. The van der Waals surface area contributed by atoms with Crippen LogP contribution in [0.15, 0.2) is 35.2 Å². The van der Waals surface area contributed by atoms with Gasteiger partial charge in [-0.1, -0.05) is 18.2 Å². The summed E-state index contributed by atoms with van der Waals surface area (Å²) in [5.74, 6) is 0.838. The quantitative estimate of drug-likeness (QED) is 0.884. The zero-order chi connectivity index (χ0) is 11.4. The van der Waals surface area contributed by atoms with Gasteiger partial charge in [-0.15, -0.1) is 11.3 Å². The molecule has 0 aliphatic heterocycles. The summed E-state index contributed by atoms with van der Waals surface area (Å²) in [6.45, 7) is 2.44. The molecule has 0 saturated heterocycles. The van der Waals surface area contributed by atoms with E-state index < -0.39 is 0 Å². The molecule has 84 valence electrons. The highest BCUT2D eigenvalue weighted by atomic mass is 32.1. The summed E-state index contributed by atoms with van der Waals surface area (Å²) in [6, 6.07) is 7.81. The number of ether oxygens (including phenoxy) is 1. The standard InChI is InChI=1S/C12H14N2OS/c1-9(13)11-4-2-3-5-12(11)15-6-10-7-16-8-14-10/h2-5,7-9H,6,13H2,1H3/t9-/m0/s1. The number of rotatable bonds is 4. The van der Waals surface area contributed by atoms with Crippen molar-refractivity contribution in [3.63, 3.8) is 0 Å². The Labute approximate surface area is 98.9 Å². The number of benzene rings is 1. The Morgan fingerprint density at radius 1 is 1.44 bits per heavy atom. The summed E-state index contributed by atoms with van der Waals surface area (Å²) in [7, 11) is 0. The average Bonchev–Trinajstić information content (AvgIpc) is 2.79. The van der Waals surface area contributed by atoms with Crippen molar-refractivity contribution in [1.82, 2.24) is 4.98 Å². The van der Waals surface area contributed by atoms with Gasteiger partial charge in [0.2, 0.25) is 0 Å². The highest BCUT2D eigenvalue weighted by molar-refractivity contribution is 7.07. The topological polar surface area (TPSA) is 48.1 Å². The average molecular weight is 234 g/mol. The van der Waals surface area contributed by atoms with Gasteiger partial charge in [-0.25, -0.2) is 4.98 Å². The van der Waals surface area contributed by atoms with Crippen molar-refractivity contribution >= 4 is 11.3 Å². The maximum absolute atomic E-state index is 5.87. The molecule has 1 heterocycles. The van der Waals surface area contributed by atoms with E-state index in [2.05, 4.69) is 4.98 Å². The lowest BCUT2D eigenvalue weighted by Crippen LogP contribution is -2.08. The number of hydrogen-bond donors (Lipinski definition) is 1. The maximum Gasteiger partial charge on any atom is 0.131 e. The number of thiazole rings is 1. The molecule has 2 N–H and O–H groups in total. The Morgan fingerprint density at radius 2 is 2.25 bits per heavy atom. The first kappa shape index (κ1) is 11.1. The van der Waals surface area contributed by atoms with Crippen LogP contribution in [-0.4, -0.2) is 4.98 Å². The van der Waals surface area contributed by atoms with Gasteiger partial charge in [0, 0.05) is 17.0 Å². The van der Waals surface area contributed by atoms with E-state index in [0.717, 1.165) is 17.0 Å². The highest BCUT2D eigenvalue weighted by Crippen LogP contribution is 2.23. The largest absolute Gasteiger partial charge is 0.487 e. The molecule has 0 spiro atoms. The van der Waals surface area contributed by atoms with Crippen LogP contribution >= 0.6 is 11.3 Å². The van der Waals surface area contributed by atoms with Crippen LogP contribution in [0.25, 0.3) is 0 Å². The molecule has 0 fully saturated rings. The van der Waals surface area contributed by atoms with Crippen molar-refractivity contribution in [2.24, 2.45) is 5.73 Å². The lowest BCUT2D eigenvalue weighted by molar-refractivity contribution is 0.297. The van der Waals surface area contributed by atoms with Gasteiger partial charge in [0.15, 0.2) is 0 Å². The predicted octanol–water partition coefficient (Wildman–Crippen LogP) is 2.74. The maximum atomic E-state index is 5.87. The van der Waals surface area contributed by atoms with E-state index in [0.29, 0.717) is 6.61 Å². The van der Waals surface area contributed by atoms with Gasteiger partial charge in [0.25, 0.3) is 0 Å². The third-order valence-electron chi connectivity index (χ3n) is 2.27. The minimum atomic E-state index is -0.0216. The zero-order valence-corrected chi connectivity index (χ0v) is 9.91. The normalized spacial score (nSPS) is 12.4. The molecule has 16 heavy (non-hydrogen) atoms. The smallest absolute Gasteiger partial charge is 0.131 e. The summed E-state index contributed by atoms with van der Waals surface area (Å²) in [5.41, 5.74) is 9.65. The molecule has 1 aromatic heterocycles. The van der Waals surface area contributed by atoms with Gasteiger partial charge in [-0.3, -0.25) is 0 Å². The fourth-order valence-corrected chi connectivity index (χ4v) is 1.99. The number of para-hydroxylation sites is 1. The van der Waals surface area contributed by atoms with Crippen LogP contribution in [0.3, 0.4) is 0 Å². The van der Waals surface area contributed by atoms with Gasteiger partial charge in [-0.2, -0.15) is 0 Å². The Bertz CT molecular complexity index is 440. The SMILES string of the molecule is C[C@H](N)c1ccccc1OCc1cscn1. The molecule has 0 aliphatic rings. The molecule has 0 unspecified atom stereocenters. The molecule has 1 aromatic carbocycles. The molecule has 4 heteroatoms. The van der Waals surface area contributed by atoms with Crippen molar-refractivity contribution in [2.45, 2.75) is 19.6 Å². The van der Waals surface area contributed by atoms with E-state index >= 15 is 0 Å². The lowest BCUT2D eigenvalue weighted by atomic mass is 10.1. The van der Waals surface area contributed by atoms with E-state index in [1.807, 2.05) is 36.6 Å². The van der Waals surface area contributed by atoms with Crippen LogP contribution in [0.1, 0.15) is 24.2 Å². The Hall–Kier alpha value is -1.39. The Balaban J connectivity index is 2.09. The fourth-order valence-electron chi connectivity index (χ4n) is 1.45. The number of aromatic nitrogens is 1. The minimum absolute atomic E-state index is 0.0216. The van der Waals surface area contributed by atoms with Crippen LogP contribution in [0.4, 0.5) is 0 Å². The van der Waals surface area contributed by atoms with Crippen molar-refractivity contribution in [1.29, 1.82) is 0 Å². The number of nitrogens with zero attached hydrogens (tertiary/aromatic N) is 1. The van der Waals surface area contributed by atoms with Gasteiger partial charge >= 0.3 is 0 Å². The van der Waals surface area contributed by atoms with Crippen LogP contribution in [0, 0.1) is 0 Å². The number of nitrogens with two attached hydrogens (primary N) is 1. The van der Waals surface area contributed by atoms with Gasteiger partial charge in [-0.05, 0) is 13.0 Å². The first-order chi connectivity index (χ1) is 7.77. The van der Waals surface area contributed by atoms with Crippen molar-refractivity contribution in [3.8, 4) is 5.75 Å². The van der Waals surface area contributed by atoms with Crippen LogP contribution < -0.4 is 10.5 Å². The lowest BCUT2D eigenvalue weighted by Gasteiger charge is -2.12.